The van der Waals surface area contributed by atoms with E-state index in [4.69, 9.17) is 10.5 Å². The molecule has 118 valence electrons. The van der Waals surface area contributed by atoms with Crippen molar-refractivity contribution in [1.29, 1.82) is 10.5 Å². The molecule has 0 aliphatic rings. The van der Waals surface area contributed by atoms with E-state index in [0.717, 1.165) is 18.2 Å². The number of nitrogens with one attached hydrogen (secondary N) is 2. The second kappa shape index (κ2) is 6.99. The lowest BCUT2D eigenvalue weighted by Gasteiger charge is -2.10. The van der Waals surface area contributed by atoms with E-state index in [1.165, 1.54) is 18.2 Å². The molecule has 0 atom stereocenters. The van der Waals surface area contributed by atoms with Crippen molar-refractivity contribution in [1.82, 2.24) is 5.32 Å². The third kappa shape index (κ3) is 3.34. The Bertz CT molecular complexity index is 861. The van der Waals surface area contributed by atoms with Crippen molar-refractivity contribution in [2.45, 2.75) is 0 Å². The molecule has 2 rings (SSSR count). The Kier molecular flexibility index (Phi) is 4.83. The van der Waals surface area contributed by atoms with Crippen molar-refractivity contribution in [3.05, 3.63) is 64.7 Å². The van der Waals surface area contributed by atoms with E-state index in [0.29, 0.717) is 0 Å². The maximum atomic E-state index is 13.5. The Morgan fingerprint density at radius 2 is 1.42 bits per heavy atom. The fraction of sp³-hybridized carbons (Fsp3) is 0. The van der Waals surface area contributed by atoms with Gasteiger partial charge in [-0.25, -0.2) is 13.6 Å². The zero-order valence-electron chi connectivity index (χ0n) is 11.9. The summed E-state index contributed by atoms with van der Waals surface area (Å²) in [5.41, 5.74) is -1.04. The molecule has 0 heterocycles. The summed E-state index contributed by atoms with van der Waals surface area (Å²) >= 11 is 0. The minimum Gasteiger partial charge on any atom is -0.305 e. The summed E-state index contributed by atoms with van der Waals surface area (Å²) in [7, 11) is 0. The van der Waals surface area contributed by atoms with E-state index in [2.05, 4.69) is 5.32 Å². The van der Waals surface area contributed by atoms with Gasteiger partial charge in [-0.1, -0.05) is 12.1 Å². The molecular formula is C16H8F2N4O2. The third-order valence-electron chi connectivity index (χ3n) is 2.96. The van der Waals surface area contributed by atoms with Gasteiger partial charge in [0.15, 0.2) is 0 Å². The van der Waals surface area contributed by atoms with Crippen LogP contribution in [-0.4, -0.2) is 11.9 Å². The summed E-state index contributed by atoms with van der Waals surface area (Å²) in [5.74, 6) is -3.55. The maximum absolute atomic E-state index is 13.5. The summed E-state index contributed by atoms with van der Waals surface area (Å²) in [5, 5.41) is 21.9. The lowest BCUT2D eigenvalue weighted by molar-refractivity contribution is 0.0959. The molecule has 6 nitrogen and oxygen atoms in total. The number of para-hydroxylation sites is 1. The van der Waals surface area contributed by atoms with Crippen LogP contribution in [0.1, 0.15) is 21.5 Å². The summed E-state index contributed by atoms with van der Waals surface area (Å²) in [6.07, 6.45) is 0. The van der Waals surface area contributed by atoms with Crippen LogP contribution in [0.15, 0.2) is 36.4 Å². The molecule has 3 amide bonds. The van der Waals surface area contributed by atoms with Crippen LogP contribution >= 0.6 is 0 Å². The molecule has 0 bridgehead atoms. The van der Waals surface area contributed by atoms with Crippen molar-refractivity contribution in [3.63, 3.8) is 0 Å². The first-order valence-electron chi connectivity index (χ1n) is 6.47. The number of carbonyl (C=O) groups excluding carboxylic acids is 2. The van der Waals surface area contributed by atoms with Crippen LogP contribution in [0.4, 0.5) is 19.3 Å². The van der Waals surface area contributed by atoms with Crippen LogP contribution in [0, 0.1) is 34.3 Å². The second-order valence-electron chi connectivity index (χ2n) is 4.46. The number of hydrogen-bond donors (Lipinski definition) is 2. The lowest BCUT2D eigenvalue weighted by Crippen LogP contribution is -2.35. The molecule has 0 unspecified atom stereocenters. The zero-order valence-corrected chi connectivity index (χ0v) is 11.9. The first-order valence-corrected chi connectivity index (χ1v) is 6.47. The Balaban J connectivity index is 2.23. The molecule has 0 spiro atoms. The quantitative estimate of drug-likeness (QED) is 0.885. The predicted octanol–water partition coefficient (Wildman–Crippen LogP) is 2.67. The average molecular weight is 326 g/mol. The topological polar surface area (TPSA) is 106 Å². The fourth-order valence-electron chi connectivity index (χ4n) is 1.90. The van der Waals surface area contributed by atoms with Crippen LogP contribution < -0.4 is 10.6 Å². The van der Waals surface area contributed by atoms with E-state index < -0.39 is 29.1 Å². The van der Waals surface area contributed by atoms with Crippen molar-refractivity contribution in [2.75, 3.05) is 5.32 Å². The minimum atomic E-state index is -1.30. The highest BCUT2D eigenvalue weighted by atomic mass is 19.1. The van der Waals surface area contributed by atoms with Gasteiger partial charge >= 0.3 is 6.03 Å². The molecule has 0 saturated carbocycles. The Morgan fingerprint density at radius 1 is 0.917 bits per heavy atom. The molecule has 0 aromatic heterocycles. The van der Waals surface area contributed by atoms with Gasteiger partial charge in [0.1, 0.15) is 29.3 Å². The molecule has 0 radical (unpaired) electrons. The van der Waals surface area contributed by atoms with Gasteiger partial charge in [0, 0.05) is 0 Å². The summed E-state index contributed by atoms with van der Waals surface area (Å²) in [4.78, 5) is 23.7. The van der Waals surface area contributed by atoms with Crippen LogP contribution in [0.3, 0.4) is 0 Å². The molecule has 0 fully saturated rings. The van der Waals surface area contributed by atoms with Gasteiger partial charge in [0.2, 0.25) is 0 Å². The molecule has 2 aromatic rings. The van der Waals surface area contributed by atoms with Gasteiger partial charge in [-0.15, -0.1) is 0 Å². The Hall–Kier alpha value is -3.78. The number of benzene rings is 2. The number of carbonyl (C=O) groups is 2. The molecule has 8 heteroatoms. The van der Waals surface area contributed by atoms with E-state index in [-0.39, 0.29) is 16.8 Å². The standard InChI is InChI=1S/C16H8F2N4O2/c17-11-5-2-6-12(18)13(11)15(23)22-16(24)21-14-9(7-19)3-1-4-10(14)8-20/h1-6H,(H2,21,22,23,24). The molecule has 2 N–H and O–H groups in total. The van der Waals surface area contributed by atoms with Crippen LogP contribution in [0.25, 0.3) is 0 Å². The molecule has 0 saturated heterocycles. The number of hydrogen-bond acceptors (Lipinski definition) is 4. The molecule has 0 aliphatic heterocycles. The van der Waals surface area contributed by atoms with Crippen LogP contribution in [0.5, 0.6) is 0 Å². The summed E-state index contributed by atoms with van der Waals surface area (Å²) < 4.78 is 27.0. The number of nitriles is 2. The summed E-state index contributed by atoms with van der Waals surface area (Å²) in [6, 6.07) is 9.39. The van der Waals surface area contributed by atoms with Crippen LogP contribution in [-0.2, 0) is 0 Å². The monoisotopic (exact) mass is 326 g/mol. The number of rotatable bonds is 2. The lowest BCUT2D eigenvalue weighted by atomic mass is 10.1. The SMILES string of the molecule is N#Cc1cccc(C#N)c1NC(=O)NC(=O)c1c(F)cccc1F. The Labute approximate surface area is 134 Å². The van der Waals surface area contributed by atoms with Crippen molar-refractivity contribution < 1.29 is 18.4 Å². The van der Waals surface area contributed by atoms with Crippen molar-refractivity contribution in [3.8, 4) is 12.1 Å². The van der Waals surface area contributed by atoms with Crippen LogP contribution in [0.2, 0.25) is 0 Å². The van der Waals surface area contributed by atoms with Crippen molar-refractivity contribution in [2.24, 2.45) is 0 Å². The van der Waals surface area contributed by atoms with E-state index in [9.17, 15) is 18.4 Å². The molecular weight excluding hydrogens is 318 g/mol. The zero-order chi connectivity index (χ0) is 17.7. The highest BCUT2D eigenvalue weighted by Gasteiger charge is 2.20. The average Bonchev–Trinajstić information content (AvgIpc) is 2.54. The molecule has 2 aromatic carbocycles. The highest BCUT2D eigenvalue weighted by Crippen LogP contribution is 2.20. The second-order valence-corrected chi connectivity index (χ2v) is 4.46. The Morgan fingerprint density at radius 3 is 1.92 bits per heavy atom. The fourth-order valence-corrected chi connectivity index (χ4v) is 1.90. The normalized spacial score (nSPS) is 9.50. The van der Waals surface area contributed by atoms with Gasteiger partial charge in [0.25, 0.3) is 5.91 Å². The summed E-state index contributed by atoms with van der Waals surface area (Å²) in [6.45, 7) is 0. The number of urea groups is 1. The first kappa shape index (κ1) is 16.6. The third-order valence-corrected chi connectivity index (χ3v) is 2.96. The van der Waals surface area contributed by atoms with Gasteiger partial charge in [-0.2, -0.15) is 10.5 Å². The highest BCUT2D eigenvalue weighted by molar-refractivity contribution is 6.08. The predicted molar refractivity (Wildman–Crippen MR) is 78.7 cm³/mol. The number of halogens is 2. The van der Waals surface area contributed by atoms with Crippen molar-refractivity contribution >= 4 is 17.6 Å². The minimum absolute atomic E-state index is 0.00581. The van der Waals surface area contributed by atoms with Gasteiger partial charge < -0.3 is 5.32 Å². The van der Waals surface area contributed by atoms with Gasteiger partial charge in [-0.3, -0.25) is 10.1 Å². The van der Waals surface area contributed by atoms with Gasteiger partial charge in [0.05, 0.1) is 16.8 Å². The van der Waals surface area contributed by atoms with Gasteiger partial charge in [-0.05, 0) is 24.3 Å². The van der Waals surface area contributed by atoms with E-state index in [1.807, 2.05) is 0 Å². The number of imide groups is 1. The number of amides is 3. The molecule has 24 heavy (non-hydrogen) atoms. The smallest absolute Gasteiger partial charge is 0.305 e. The number of nitrogens with zero attached hydrogens (tertiary/aromatic N) is 2. The maximum Gasteiger partial charge on any atom is 0.326 e. The van der Waals surface area contributed by atoms with E-state index in [1.54, 1.807) is 17.5 Å². The molecule has 0 aliphatic carbocycles. The van der Waals surface area contributed by atoms with E-state index >= 15 is 0 Å². The first-order chi connectivity index (χ1) is 11.5. The largest absolute Gasteiger partial charge is 0.326 e. The number of anilines is 1.